The monoisotopic (exact) mass is 189 g/mol. The number of nitrogens with one attached hydrogen (secondary N) is 1. The molecule has 0 aliphatic heterocycles. The second-order valence-corrected chi connectivity index (χ2v) is 2.70. The highest BCUT2D eigenvalue weighted by Gasteiger charge is 2.21. The van der Waals surface area contributed by atoms with E-state index < -0.39 is 18.5 Å². The van der Waals surface area contributed by atoms with E-state index in [9.17, 15) is 13.6 Å². The fraction of sp³-hybridized carbons (Fsp3) is 0.429. The number of nitrogens with zero attached hydrogens (tertiary/aromatic N) is 2. The van der Waals surface area contributed by atoms with Gasteiger partial charge in [-0.2, -0.15) is 0 Å². The number of carbonyl (C=O) groups excluding carboxylic acids is 1. The molecule has 0 radical (unpaired) electrons. The average molecular weight is 189 g/mol. The topological polar surface area (TPSA) is 46.9 Å². The quantitative estimate of drug-likeness (QED) is 0.757. The second kappa shape index (κ2) is 3.51. The maximum absolute atomic E-state index is 12.3. The van der Waals surface area contributed by atoms with E-state index >= 15 is 0 Å². The third-order valence-electron chi connectivity index (χ3n) is 1.29. The lowest BCUT2D eigenvalue weighted by Gasteiger charge is -2.10. The van der Waals surface area contributed by atoms with Crippen LogP contribution in [0.15, 0.2) is 18.7 Å². The van der Waals surface area contributed by atoms with Crippen molar-refractivity contribution in [3.63, 3.8) is 0 Å². The van der Waals surface area contributed by atoms with Gasteiger partial charge in [-0.3, -0.25) is 4.57 Å². The van der Waals surface area contributed by atoms with Gasteiger partial charge in [-0.15, -0.1) is 0 Å². The Morgan fingerprint density at radius 2 is 2.38 bits per heavy atom. The average Bonchev–Trinajstić information content (AvgIpc) is 2.50. The van der Waals surface area contributed by atoms with Gasteiger partial charge in [-0.25, -0.2) is 18.6 Å². The third-order valence-corrected chi connectivity index (χ3v) is 1.29. The first-order chi connectivity index (χ1) is 5.99. The van der Waals surface area contributed by atoms with Gasteiger partial charge < -0.3 is 5.32 Å². The highest BCUT2D eigenvalue weighted by molar-refractivity contribution is 5.76. The SMILES string of the molecule is CC(F)(F)CNC(=O)n1ccnc1. The van der Waals surface area contributed by atoms with E-state index in [2.05, 4.69) is 10.3 Å². The molecule has 0 saturated heterocycles. The zero-order chi connectivity index (χ0) is 9.90. The van der Waals surface area contributed by atoms with Crippen LogP contribution in [-0.4, -0.2) is 28.0 Å². The van der Waals surface area contributed by atoms with Crippen LogP contribution in [0.4, 0.5) is 13.6 Å². The smallest absolute Gasteiger partial charge is 0.327 e. The molecule has 13 heavy (non-hydrogen) atoms. The van der Waals surface area contributed by atoms with Crippen molar-refractivity contribution < 1.29 is 13.6 Å². The van der Waals surface area contributed by atoms with Gasteiger partial charge >= 0.3 is 6.03 Å². The van der Waals surface area contributed by atoms with Gasteiger partial charge in [-0.05, 0) is 0 Å². The molecule has 1 aromatic rings. The van der Waals surface area contributed by atoms with Crippen molar-refractivity contribution in [1.29, 1.82) is 0 Å². The molecule has 4 nitrogen and oxygen atoms in total. The van der Waals surface area contributed by atoms with Gasteiger partial charge in [0.05, 0.1) is 6.54 Å². The maximum atomic E-state index is 12.3. The highest BCUT2D eigenvalue weighted by atomic mass is 19.3. The Bertz CT molecular complexity index is 278. The van der Waals surface area contributed by atoms with Gasteiger partial charge in [0, 0.05) is 19.3 Å². The molecule has 0 unspecified atom stereocenters. The van der Waals surface area contributed by atoms with Crippen molar-refractivity contribution >= 4 is 6.03 Å². The van der Waals surface area contributed by atoms with E-state index in [0.29, 0.717) is 0 Å². The molecule has 1 N–H and O–H groups in total. The first-order valence-electron chi connectivity index (χ1n) is 3.63. The molecule has 0 spiro atoms. The number of carbonyl (C=O) groups is 1. The summed E-state index contributed by atoms with van der Waals surface area (Å²) < 4.78 is 25.7. The van der Waals surface area contributed by atoms with Crippen molar-refractivity contribution in [3.05, 3.63) is 18.7 Å². The molecule has 72 valence electrons. The lowest BCUT2D eigenvalue weighted by atomic mass is 10.4. The van der Waals surface area contributed by atoms with E-state index in [-0.39, 0.29) is 0 Å². The number of imidazole rings is 1. The Kier molecular flexibility index (Phi) is 2.60. The van der Waals surface area contributed by atoms with E-state index in [1.807, 2.05) is 0 Å². The van der Waals surface area contributed by atoms with Crippen molar-refractivity contribution in [2.45, 2.75) is 12.8 Å². The zero-order valence-corrected chi connectivity index (χ0v) is 7.00. The van der Waals surface area contributed by atoms with Crippen LogP contribution in [0, 0.1) is 0 Å². The van der Waals surface area contributed by atoms with Crippen molar-refractivity contribution in [2.75, 3.05) is 6.54 Å². The summed E-state index contributed by atoms with van der Waals surface area (Å²) in [6.07, 6.45) is 4.01. The molecule has 0 atom stereocenters. The Morgan fingerprint density at radius 1 is 1.69 bits per heavy atom. The predicted molar refractivity (Wildman–Crippen MR) is 41.6 cm³/mol. The van der Waals surface area contributed by atoms with Crippen LogP contribution in [0.25, 0.3) is 0 Å². The molecule has 0 aliphatic rings. The first-order valence-corrected chi connectivity index (χ1v) is 3.63. The van der Waals surface area contributed by atoms with E-state index in [4.69, 9.17) is 0 Å². The van der Waals surface area contributed by atoms with Crippen LogP contribution in [0.2, 0.25) is 0 Å². The molecule has 1 heterocycles. The van der Waals surface area contributed by atoms with Crippen LogP contribution >= 0.6 is 0 Å². The van der Waals surface area contributed by atoms with Crippen molar-refractivity contribution in [3.8, 4) is 0 Å². The molecule has 6 heteroatoms. The maximum Gasteiger partial charge on any atom is 0.327 e. The van der Waals surface area contributed by atoms with Gasteiger partial charge in [0.1, 0.15) is 6.33 Å². The van der Waals surface area contributed by atoms with E-state index in [1.54, 1.807) is 0 Å². The minimum absolute atomic E-state index is 0.612. The number of hydrogen-bond acceptors (Lipinski definition) is 2. The highest BCUT2D eigenvalue weighted by Crippen LogP contribution is 2.08. The molecular formula is C7H9F2N3O. The zero-order valence-electron chi connectivity index (χ0n) is 7.00. The summed E-state index contributed by atoms with van der Waals surface area (Å²) in [5.41, 5.74) is 0. The Hall–Kier alpha value is -1.46. The van der Waals surface area contributed by atoms with Gasteiger partial charge in [0.15, 0.2) is 0 Å². The van der Waals surface area contributed by atoms with Crippen molar-refractivity contribution in [2.24, 2.45) is 0 Å². The minimum Gasteiger partial charge on any atom is -0.331 e. The largest absolute Gasteiger partial charge is 0.331 e. The molecule has 1 aromatic heterocycles. The second-order valence-electron chi connectivity index (χ2n) is 2.70. The molecule has 0 aliphatic carbocycles. The number of amides is 1. The molecule has 0 saturated carbocycles. The summed E-state index contributed by atoms with van der Waals surface area (Å²) in [5, 5.41) is 2.06. The van der Waals surface area contributed by atoms with Gasteiger partial charge in [0.2, 0.25) is 0 Å². The molecular weight excluding hydrogens is 180 g/mol. The van der Waals surface area contributed by atoms with E-state index in [1.165, 1.54) is 18.7 Å². The normalized spacial score (nSPS) is 11.3. The van der Waals surface area contributed by atoms with E-state index in [0.717, 1.165) is 11.5 Å². The van der Waals surface area contributed by atoms with Gasteiger partial charge in [0.25, 0.3) is 5.92 Å². The summed E-state index contributed by atoms with van der Waals surface area (Å²) in [4.78, 5) is 14.6. The lowest BCUT2D eigenvalue weighted by Crippen LogP contribution is -2.36. The fourth-order valence-electron chi connectivity index (χ4n) is 0.701. The number of halogens is 2. The summed E-state index contributed by atoms with van der Waals surface area (Å²) in [6.45, 7) is 0.0607. The standard InChI is InChI=1S/C7H9F2N3O/c1-7(8,9)4-11-6(13)12-3-2-10-5-12/h2-3,5H,4H2,1H3,(H,11,13). The molecule has 0 fully saturated rings. The minimum atomic E-state index is -2.89. The van der Waals surface area contributed by atoms with Gasteiger partial charge in [-0.1, -0.05) is 0 Å². The van der Waals surface area contributed by atoms with Crippen LogP contribution in [-0.2, 0) is 0 Å². The Morgan fingerprint density at radius 3 is 2.85 bits per heavy atom. The number of rotatable bonds is 2. The molecule has 0 bridgehead atoms. The molecule has 0 aromatic carbocycles. The lowest BCUT2D eigenvalue weighted by molar-refractivity contribution is 0.0253. The predicted octanol–water partition coefficient (Wildman–Crippen LogP) is 1.10. The van der Waals surface area contributed by atoms with Crippen LogP contribution in [0.1, 0.15) is 6.92 Å². The number of aromatic nitrogens is 2. The summed E-state index contributed by atoms with van der Waals surface area (Å²) >= 11 is 0. The summed E-state index contributed by atoms with van der Waals surface area (Å²) in [6, 6.07) is -0.612. The summed E-state index contributed by atoms with van der Waals surface area (Å²) in [7, 11) is 0. The van der Waals surface area contributed by atoms with Crippen LogP contribution in [0.5, 0.6) is 0 Å². The van der Waals surface area contributed by atoms with Crippen molar-refractivity contribution in [1.82, 2.24) is 14.9 Å². The fourth-order valence-corrected chi connectivity index (χ4v) is 0.701. The molecule has 1 amide bonds. The Labute approximate surface area is 73.6 Å². The Balaban J connectivity index is 2.44. The van der Waals surface area contributed by atoms with Crippen LogP contribution < -0.4 is 5.32 Å². The number of alkyl halides is 2. The number of hydrogen-bond donors (Lipinski definition) is 1. The first kappa shape index (κ1) is 9.63. The molecule has 1 rings (SSSR count). The third kappa shape index (κ3) is 3.18. The summed E-state index contributed by atoms with van der Waals surface area (Å²) in [5.74, 6) is -2.89. The van der Waals surface area contributed by atoms with Crippen LogP contribution in [0.3, 0.4) is 0 Å².